The highest BCUT2D eigenvalue weighted by Gasteiger charge is 2.33. The van der Waals surface area contributed by atoms with E-state index in [2.05, 4.69) is 15.3 Å². The number of hydrogen-bond acceptors (Lipinski definition) is 4. The van der Waals surface area contributed by atoms with E-state index in [-0.39, 0.29) is 0 Å². The molecule has 4 nitrogen and oxygen atoms in total. The zero-order chi connectivity index (χ0) is 10.7. The van der Waals surface area contributed by atoms with Crippen molar-refractivity contribution >= 4 is 17.4 Å². The number of hydrogen-bond donors (Lipinski definition) is 2. The van der Waals surface area contributed by atoms with Crippen LogP contribution >= 0.6 is 11.6 Å². The maximum absolute atomic E-state index is 9.85. The molecule has 1 aromatic heterocycles. The predicted octanol–water partition coefficient (Wildman–Crippen LogP) is 1.85. The zero-order valence-corrected chi connectivity index (χ0v) is 9.17. The fraction of sp³-hybridized carbons (Fsp3) is 0.600. The van der Waals surface area contributed by atoms with E-state index in [0.717, 1.165) is 25.7 Å². The molecule has 1 aliphatic rings. The van der Waals surface area contributed by atoms with Crippen molar-refractivity contribution in [3.8, 4) is 0 Å². The van der Waals surface area contributed by atoms with Crippen LogP contribution in [-0.2, 0) is 0 Å². The van der Waals surface area contributed by atoms with E-state index < -0.39 is 5.60 Å². The summed E-state index contributed by atoms with van der Waals surface area (Å²) in [6.07, 6.45) is 6.81. The molecule has 0 atom stereocenters. The monoisotopic (exact) mass is 227 g/mol. The van der Waals surface area contributed by atoms with Crippen molar-refractivity contribution in [2.45, 2.75) is 31.3 Å². The standard InChI is InChI=1S/C10H14ClN3O/c11-8-9(14-7-6-12-8)13-5-4-10(15)2-1-3-10/h6-7,15H,1-5H2,(H,13,14). The van der Waals surface area contributed by atoms with Crippen molar-refractivity contribution in [1.29, 1.82) is 0 Å². The molecule has 0 aromatic carbocycles. The molecule has 0 unspecified atom stereocenters. The van der Waals surface area contributed by atoms with E-state index in [4.69, 9.17) is 11.6 Å². The number of halogens is 1. The van der Waals surface area contributed by atoms with Crippen molar-refractivity contribution in [3.05, 3.63) is 17.5 Å². The van der Waals surface area contributed by atoms with Gasteiger partial charge in [0, 0.05) is 18.9 Å². The summed E-state index contributed by atoms with van der Waals surface area (Å²) >= 11 is 5.82. The molecule has 0 bridgehead atoms. The van der Waals surface area contributed by atoms with E-state index >= 15 is 0 Å². The molecule has 0 saturated heterocycles. The Morgan fingerprint density at radius 1 is 1.40 bits per heavy atom. The van der Waals surface area contributed by atoms with Gasteiger partial charge in [-0.25, -0.2) is 9.97 Å². The fourth-order valence-electron chi connectivity index (χ4n) is 1.69. The minimum atomic E-state index is -0.457. The van der Waals surface area contributed by atoms with Gasteiger partial charge in [-0.1, -0.05) is 11.6 Å². The van der Waals surface area contributed by atoms with Gasteiger partial charge in [-0.2, -0.15) is 0 Å². The minimum Gasteiger partial charge on any atom is -0.390 e. The summed E-state index contributed by atoms with van der Waals surface area (Å²) in [6, 6.07) is 0. The Morgan fingerprint density at radius 2 is 2.13 bits per heavy atom. The molecule has 0 spiro atoms. The van der Waals surface area contributed by atoms with Gasteiger partial charge in [-0.05, 0) is 25.7 Å². The highest BCUT2D eigenvalue weighted by molar-refractivity contribution is 6.31. The number of nitrogens with one attached hydrogen (secondary N) is 1. The Balaban J connectivity index is 1.81. The van der Waals surface area contributed by atoms with Crippen molar-refractivity contribution in [2.75, 3.05) is 11.9 Å². The number of aromatic nitrogens is 2. The molecule has 0 radical (unpaired) electrons. The van der Waals surface area contributed by atoms with Gasteiger partial charge in [-0.15, -0.1) is 0 Å². The van der Waals surface area contributed by atoms with Gasteiger partial charge in [0.25, 0.3) is 0 Å². The van der Waals surface area contributed by atoms with Crippen LogP contribution in [0.5, 0.6) is 0 Å². The molecule has 2 N–H and O–H groups in total. The molecule has 1 heterocycles. The number of rotatable bonds is 4. The van der Waals surface area contributed by atoms with Crippen molar-refractivity contribution in [2.24, 2.45) is 0 Å². The van der Waals surface area contributed by atoms with Crippen LogP contribution in [0.25, 0.3) is 0 Å². The summed E-state index contributed by atoms with van der Waals surface area (Å²) in [5.74, 6) is 0.585. The van der Waals surface area contributed by atoms with Gasteiger partial charge in [-0.3, -0.25) is 0 Å². The lowest BCUT2D eigenvalue weighted by atomic mass is 9.78. The first-order valence-corrected chi connectivity index (χ1v) is 5.50. The molecule has 1 saturated carbocycles. The Bertz CT molecular complexity index is 341. The van der Waals surface area contributed by atoms with Gasteiger partial charge >= 0.3 is 0 Å². The second-order valence-electron chi connectivity index (χ2n) is 3.95. The molecule has 5 heteroatoms. The first-order valence-electron chi connectivity index (χ1n) is 5.12. The van der Waals surface area contributed by atoms with E-state index in [9.17, 15) is 5.11 Å². The smallest absolute Gasteiger partial charge is 0.171 e. The minimum absolute atomic E-state index is 0.373. The maximum atomic E-state index is 9.85. The van der Waals surface area contributed by atoms with Crippen LogP contribution in [0.15, 0.2) is 12.4 Å². The third kappa shape index (κ3) is 2.58. The zero-order valence-electron chi connectivity index (χ0n) is 8.41. The van der Waals surface area contributed by atoms with Gasteiger partial charge < -0.3 is 10.4 Å². The van der Waals surface area contributed by atoms with E-state index in [1.165, 1.54) is 0 Å². The normalized spacial score (nSPS) is 18.3. The summed E-state index contributed by atoms with van der Waals surface area (Å²) < 4.78 is 0. The summed E-state index contributed by atoms with van der Waals surface area (Å²) in [5.41, 5.74) is -0.457. The van der Waals surface area contributed by atoms with Crippen molar-refractivity contribution in [1.82, 2.24) is 9.97 Å². The SMILES string of the molecule is OC1(CCNc2nccnc2Cl)CCC1. The fourth-order valence-corrected chi connectivity index (χ4v) is 1.86. The maximum Gasteiger partial charge on any atom is 0.171 e. The lowest BCUT2D eigenvalue weighted by Crippen LogP contribution is -2.38. The molecule has 0 amide bonds. The molecule has 1 fully saturated rings. The topological polar surface area (TPSA) is 58.0 Å². The van der Waals surface area contributed by atoms with Crippen LogP contribution in [0.2, 0.25) is 5.15 Å². The second-order valence-corrected chi connectivity index (χ2v) is 4.31. The van der Waals surface area contributed by atoms with Crippen LogP contribution in [0, 0.1) is 0 Å². The van der Waals surface area contributed by atoms with Crippen LogP contribution in [0.1, 0.15) is 25.7 Å². The van der Waals surface area contributed by atoms with Gasteiger partial charge in [0.2, 0.25) is 0 Å². The Morgan fingerprint density at radius 3 is 2.73 bits per heavy atom. The quantitative estimate of drug-likeness (QED) is 0.824. The molecule has 0 aliphatic heterocycles. The highest BCUT2D eigenvalue weighted by Crippen LogP contribution is 2.34. The highest BCUT2D eigenvalue weighted by atomic mass is 35.5. The second kappa shape index (κ2) is 4.33. The van der Waals surface area contributed by atoms with E-state index in [1.807, 2.05) is 0 Å². The Hall–Kier alpha value is -0.870. The molecule has 1 aromatic rings. The van der Waals surface area contributed by atoms with Crippen LogP contribution in [0.4, 0.5) is 5.82 Å². The number of aliphatic hydroxyl groups is 1. The van der Waals surface area contributed by atoms with Crippen LogP contribution < -0.4 is 5.32 Å². The summed E-state index contributed by atoms with van der Waals surface area (Å²) in [6.45, 7) is 0.676. The first kappa shape index (κ1) is 10.6. The molecule has 1 aliphatic carbocycles. The lowest BCUT2D eigenvalue weighted by Gasteiger charge is -2.36. The lowest BCUT2D eigenvalue weighted by molar-refractivity contribution is -0.0370. The van der Waals surface area contributed by atoms with E-state index in [1.54, 1.807) is 12.4 Å². The number of anilines is 1. The molecular weight excluding hydrogens is 214 g/mol. The predicted molar refractivity (Wildman–Crippen MR) is 58.9 cm³/mol. The molecule has 2 rings (SSSR count). The van der Waals surface area contributed by atoms with E-state index in [0.29, 0.717) is 17.5 Å². The Kier molecular flexibility index (Phi) is 3.07. The summed E-state index contributed by atoms with van der Waals surface area (Å²) in [5, 5.41) is 13.3. The summed E-state index contributed by atoms with van der Waals surface area (Å²) in [7, 11) is 0. The first-order chi connectivity index (χ1) is 7.20. The molecular formula is C10H14ClN3O. The largest absolute Gasteiger partial charge is 0.390 e. The average Bonchev–Trinajstić information content (AvgIpc) is 2.18. The van der Waals surface area contributed by atoms with Gasteiger partial charge in [0.05, 0.1) is 5.60 Å². The molecule has 82 valence electrons. The number of nitrogens with zero attached hydrogens (tertiary/aromatic N) is 2. The van der Waals surface area contributed by atoms with Gasteiger partial charge in [0.15, 0.2) is 11.0 Å². The van der Waals surface area contributed by atoms with Gasteiger partial charge in [0.1, 0.15) is 0 Å². The molecule has 15 heavy (non-hydrogen) atoms. The van der Waals surface area contributed by atoms with Crippen molar-refractivity contribution < 1.29 is 5.11 Å². The third-order valence-electron chi connectivity index (χ3n) is 2.82. The van der Waals surface area contributed by atoms with Crippen molar-refractivity contribution in [3.63, 3.8) is 0 Å². The third-order valence-corrected chi connectivity index (χ3v) is 3.10. The average molecular weight is 228 g/mol. The van der Waals surface area contributed by atoms with Crippen LogP contribution in [-0.4, -0.2) is 27.2 Å². The summed E-state index contributed by atoms with van der Waals surface area (Å²) in [4.78, 5) is 7.96. The van der Waals surface area contributed by atoms with Crippen LogP contribution in [0.3, 0.4) is 0 Å². The Labute approximate surface area is 93.7 Å².